The Labute approximate surface area is 134 Å². The van der Waals surface area contributed by atoms with E-state index in [4.69, 9.17) is 0 Å². The predicted molar refractivity (Wildman–Crippen MR) is 92.9 cm³/mol. The van der Waals surface area contributed by atoms with Gasteiger partial charge in [0, 0.05) is 25.7 Å². The topological polar surface area (TPSA) is 15.3 Å². The third-order valence-electron chi connectivity index (χ3n) is 4.55. The SMILES string of the molecule is CN(CCNC1CCCc2ccccc21)Cc1ccccc1. The molecule has 0 aromatic heterocycles. The van der Waals surface area contributed by atoms with E-state index < -0.39 is 0 Å². The molecule has 0 radical (unpaired) electrons. The maximum atomic E-state index is 3.75. The van der Waals surface area contributed by atoms with Crippen molar-refractivity contribution in [1.82, 2.24) is 10.2 Å². The van der Waals surface area contributed by atoms with E-state index in [2.05, 4.69) is 71.9 Å². The Morgan fingerprint density at radius 1 is 1.05 bits per heavy atom. The van der Waals surface area contributed by atoms with Gasteiger partial charge in [0.15, 0.2) is 0 Å². The van der Waals surface area contributed by atoms with Gasteiger partial charge < -0.3 is 10.2 Å². The van der Waals surface area contributed by atoms with E-state index in [9.17, 15) is 0 Å². The maximum absolute atomic E-state index is 3.75. The third-order valence-corrected chi connectivity index (χ3v) is 4.55. The molecule has 1 atom stereocenters. The monoisotopic (exact) mass is 294 g/mol. The van der Waals surface area contributed by atoms with Crippen molar-refractivity contribution in [3.8, 4) is 0 Å². The van der Waals surface area contributed by atoms with E-state index in [1.54, 1.807) is 0 Å². The number of rotatable bonds is 6. The van der Waals surface area contributed by atoms with Crippen LogP contribution in [0.25, 0.3) is 0 Å². The molecular formula is C20H26N2. The molecule has 22 heavy (non-hydrogen) atoms. The van der Waals surface area contributed by atoms with E-state index >= 15 is 0 Å². The molecule has 0 amide bonds. The summed E-state index contributed by atoms with van der Waals surface area (Å²) in [5.74, 6) is 0. The quantitative estimate of drug-likeness (QED) is 0.872. The summed E-state index contributed by atoms with van der Waals surface area (Å²) in [6.07, 6.45) is 3.80. The van der Waals surface area contributed by atoms with E-state index in [1.165, 1.54) is 36.0 Å². The summed E-state index contributed by atoms with van der Waals surface area (Å²) in [4.78, 5) is 2.39. The normalized spacial score (nSPS) is 17.5. The van der Waals surface area contributed by atoms with Crippen LogP contribution in [-0.2, 0) is 13.0 Å². The molecule has 0 fully saturated rings. The van der Waals surface area contributed by atoms with Crippen molar-refractivity contribution in [3.63, 3.8) is 0 Å². The van der Waals surface area contributed by atoms with Gasteiger partial charge in [0.25, 0.3) is 0 Å². The molecule has 0 saturated carbocycles. The minimum Gasteiger partial charge on any atom is -0.309 e. The zero-order valence-corrected chi connectivity index (χ0v) is 13.5. The number of benzene rings is 2. The van der Waals surface area contributed by atoms with Crippen LogP contribution < -0.4 is 5.32 Å². The molecule has 2 aromatic rings. The molecule has 1 aliphatic rings. The Hall–Kier alpha value is -1.64. The molecular weight excluding hydrogens is 268 g/mol. The molecule has 0 spiro atoms. The molecule has 0 saturated heterocycles. The van der Waals surface area contributed by atoms with Crippen LogP contribution in [0.3, 0.4) is 0 Å². The second kappa shape index (κ2) is 7.57. The van der Waals surface area contributed by atoms with E-state index in [1.807, 2.05) is 0 Å². The zero-order valence-electron chi connectivity index (χ0n) is 13.5. The summed E-state index contributed by atoms with van der Waals surface area (Å²) in [5.41, 5.74) is 4.43. The first-order valence-corrected chi connectivity index (χ1v) is 8.36. The highest BCUT2D eigenvalue weighted by atomic mass is 15.1. The van der Waals surface area contributed by atoms with Crippen molar-refractivity contribution in [1.29, 1.82) is 0 Å². The fraction of sp³-hybridized carbons (Fsp3) is 0.400. The number of fused-ring (bicyclic) bond motifs is 1. The van der Waals surface area contributed by atoms with E-state index in [-0.39, 0.29) is 0 Å². The molecule has 3 rings (SSSR count). The van der Waals surface area contributed by atoms with Crippen molar-refractivity contribution in [2.75, 3.05) is 20.1 Å². The molecule has 2 nitrogen and oxygen atoms in total. The number of hydrogen-bond acceptors (Lipinski definition) is 2. The Balaban J connectivity index is 1.47. The lowest BCUT2D eigenvalue weighted by Crippen LogP contribution is -2.32. The zero-order chi connectivity index (χ0) is 15.2. The average Bonchev–Trinajstić information content (AvgIpc) is 2.56. The van der Waals surface area contributed by atoms with Crippen LogP contribution in [-0.4, -0.2) is 25.0 Å². The molecule has 116 valence electrons. The number of nitrogens with zero attached hydrogens (tertiary/aromatic N) is 1. The smallest absolute Gasteiger partial charge is 0.0323 e. The lowest BCUT2D eigenvalue weighted by atomic mass is 9.88. The summed E-state index contributed by atoms with van der Waals surface area (Å²) in [6, 6.07) is 20.1. The maximum Gasteiger partial charge on any atom is 0.0323 e. The number of nitrogens with one attached hydrogen (secondary N) is 1. The molecule has 0 aliphatic heterocycles. The van der Waals surface area contributed by atoms with Crippen LogP contribution in [0.2, 0.25) is 0 Å². The molecule has 0 heterocycles. The molecule has 2 heteroatoms. The first kappa shape index (κ1) is 15.3. The van der Waals surface area contributed by atoms with Crippen molar-refractivity contribution >= 4 is 0 Å². The van der Waals surface area contributed by atoms with Gasteiger partial charge >= 0.3 is 0 Å². The van der Waals surface area contributed by atoms with E-state index in [0.29, 0.717) is 6.04 Å². The van der Waals surface area contributed by atoms with Gasteiger partial charge in [-0.1, -0.05) is 54.6 Å². The van der Waals surface area contributed by atoms with Gasteiger partial charge in [0.1, 0.15) is 0 Å². The number of hydrogen-bond donors (Lipinski definition) is 1. The highest BCUT2D eigenvalue weighted by Gasteiger charge is 2.18. The van der Waals surface area contributed by atoms with Crippen LogP contribution in [0, 0.1) is 0 Å². The summed E-state index contributed by atoms with van der Waals surface area (Å²) < 4.78 is 0. The fourth-order valence-electron chi connectivity index (χ4n) is 3.37. The Morgan fingerprint density at radius 2 is 1.82 bits per heavy atom. The van der Waals surface area contributed by atoms with E-state index in [0.717, 1.165) is 19.6 Å². The van der Waals surface area contributed by atoms with Crippen molar-refractivity contribution in [2.45, 2.75) is 31.8 Å². The minimum atomic E-state index is 0.537. The van der Waals surface area contributed by atoms with Gasteiger partial charge in [-0.25, -0.2) is 0 Å². The van der Waals surface area contributed by atoms with Crippen LogP contribution in [0.15, 0.2) is 54.6 Å². The van der Waals surface area contributed by atoms with Crippen LogP contribution >= 0.6 is 0 Å². The largest absolute Gasteiger partial charge is 0.309 e. The highest BCUT2D eigenvalue weighted by Crippen LogP contribution is 2.29. The Bertz CT molecular complexity index is 579. The standard InChI is InChI=1S/C20H26N2/c1-22(16-17-8-3-2-4-9-17)15-14-21-20-13-7-11-18-10-5-6-12-19(18)20/h2-6,8-10,12,20-21H,7,11,13-16H2,1H3. The summed E-state index contributed by atoms with van der Waals surface area (Å²) >= 11 is 0. The number of aryl methyl sites for hydroxylation is 1. The van der Waals surface area contributed by atoms with Crippen LogP contribution in [0.1, 0.15) is 35.6 Å². The second-order valence-corrected chi connectivity index (χ2v) is 6.32. The molecule has 1 unspecified atom stereocenters. The van der Waals surface area contributed by atoms with Gasteiger partial charge in [0.2, 0.25) is 0 Å². The average molecular weight is 294 g/mol. The van der Waals surface area contributed by atoms with Gasteiger partial charge in [-0.15, -0.1) is 0 Å². The first-order chi connectivity index (χ1) is 10.8. The van der Waals surface area contributed by atoms with Crippen molar-refractivity contribution in [2.24, 2.45) is 0 Å². The lowest BCUT2D eigenvalue weighted by molar-refractivity contribution is 0.312. The van der Waals surface area contributed by atoms with Crippen molar-refractivity contribution < 1.29 is 0 Å². The second-order valence-electron chi connectivity index (χ2n) is 6.32. The van der Waals surface area contributed by atoms with Gasteiger partial charge in [-0.2, -0.15) is 0 Å². The summed E-state index contributed by atoms with van der Waals surface area (Å²) in [5, 5.41) is 3.75. The lowest BCUT2D eigenvalue weighted by Gasteiger charge is -2.27. The predicted octanol–water partition coefficient (Wildman–Crippen LogP) is 3.79. The third kappa shape index (κ3) is 3.96. The molecule has 1 N–H and O–H groups in total. The number of likely N-dealkylation sites (N-methyl/N-ethyl adjacent to an activating group) is 1. The van der Waals surface area contributed by atoms with Crippen LogP contribution in [0.5, 0.6) is 0 Å². The fourth-order valence-corrected chi connectivity index (χ4v) is 3.37. The van der Waals surface area contributed by atoms with Crippen molar-refractivity contribution in [3.05, 3.63) is 71.3 Å². The van der Waals surface area contributed by atoms with Gasteiger partial charge in [-0.3, -0.25) is 0 Å². The molecule has 1 aliphatic carbocycles. The molecule has 2 aromatic carbocycles. The summed E-state index contributed by atoms with van der Waals surface area (Å²) in [7, 11) is 2.20. The Morgan fingerprint density at radius 3 is 2.68 bits per heavy atom. The minimum absolute atomic E-state index is 0.537. The summed E-state index contributed by atoms with van der Waals surface area (Å²) in [6.45, 7) is 3.14. The van der Waals surface area contributed by atoms with Gasteiger partial charge in [-0.05, 0) is 43.0 Å². The highest BCUT2D eigenvalue weighted by molar-refractivity contribution is 5.32. The first-order valence-electron chi connectivity index (χ1n) is 8.36. The van der Waals surface area contributed by atoms with Crippen LogP contribution in [0.4, 0.5) is 0 Å². The molecule has 0 bridgehead atoms. The van der Waals surface area contributed by atoms with Gasteiger partial charge in [0.05, 0.1) is 0 Å². The Kier molecular flexibility index (Phi) is 5.25.